The van der Waals surface area contributed by atoms with E-state index in [0.717, 1.165) is 18.5 Å². The minimum atomic E-state index is -0.395. The molecule has 1 aliphatic rings. The lowest BCUT2D eigenvalue weighted by molar-refractivity contribution is -0.110. The summed E-state index contributed by atoms with van der Waals surface area (Å²) in [5, 5.41) is 7.40. The summed E-state index contributed by atoms with van der Waals surface area (Å²) >= 11 is 5.82. The molecule has 0 bridgehead atoms. The van der Waals surface area contributed by atoms with Crippen LogP contribution in [0.3, 0.4) is 0 Å². The highest BCUT2D eigenvalue weighted by Gasteiger charge is 2.26. The van der Waals surface area contributed by atoms with Gasteiger partial charge in [0.2, 0.25) is 0 Å². The summed E-state index contributed by atoms with van der Waals surface area (Å²) in [7, 11) is 0. The van der Waals surface area contributed by atoms with Crippen LogP contribution in [0.1, 0.15) is 54.1 Å². The molecule has 0 aliphatic carbocycles. The lowest BCUT2D eigenvalue weighted by atomic mass is 10.0. The van der Waals surface area contributed by atoms with E-state index in [9.17, 15) is 9.59 Å². The number of nitrogens with one attached hydrogen (secondary N) is 2. The van der Waals surface area contributed by atoms with E-state index in [-0.39, 0.29) is 11.6 Å². The standard InChI is InChI=1S/C21H22ClN3O2/c1-2-3-4-5-6-14-7-12-17-18(13-14)23-21(27)19(17)24-25-20(26)15-8-10-16(22)11-9-15/h7-13H,2-6H2,1H3,(H,25,26)(H,23,24,27). The number of carbonyl (C=O) groups excluding carboxylic acids is 2. The van der Waals surface area contributed by atoms with Crippen molar-refractivity contribution >= 4 is 34.8 Å². The lowest BCUT2D eigenvalue weighted by Crippen LogP contribution is -2.23. The summed E-state index contributed by atoms with van der Waals surface area (Å²) < 4.78 is 0. The first-order chi connectivity index (χ1) is 13.1. The average molecular weight is 384 g/mol. The van der Waals surface area contributed by atoms with Crippen LogP contribution in [-0.2, 0) is 11.2 Å². The molecule has 0 radical (unpaired) electrons. The summed E-state index contributed by atoms with van der Waals surface area (Å²) in [4.78, 5) is 24.4. The third kappa shape index (κ3) is 4.74. The summed E-state index contributed by atoms with van der Waals surface area (Å²) in [6.45, 7) is 2.19. The predicted octanol–water partition coefficient (Wildman–Crippen LogP) is 4.55. The molecule has 2 aromatic rings. The van der Waals surface area contributed by atoms with Crippen LogP contribution in [0, 0.1) is 0 Å². The Bertz CT molecular complexity index is 875. The second kappa shape index (κ2) is 8.82. The van der Waals surface area contributed by atoms with Crippen LogP contribution in [0.4, 0.5) is 5.69 Å². The Kier molecular flexibility index (Phi) is 6.24. The molecule has 2 amide bonds. The van der Waals surface area contributed by atoms with Gasteiger partial charge in [0, 0.05) is 16.1 Å². The van der Waals surface area contributed by atoms with Crippen LogP contribution in [0.25, 0.3) is 0 Å². The van der Waals surface area contributed by atoms with Crippen molar-refractivity contribution in [2.24, 2.45) is 5.10 Å². The van der Waals surface area contributed by atoms with Gasteiger partial charge >= 0.3 is 0 Å². The molecule has 5 nitrogen and oxygen atoms in total. The minimum Gasteiger partial charge on any atom is -0.320 e. The number of anilines is 1. The first-order valence-electron chi connectivity index (χ1n) is 9.16. The molecule has 0 unspecified atom stereocenters. The fraction of sp³-hybridized carbons (Fsp3) is 0.286. The highest BCUT2D eigenvalue weighted by molar-refractivity contribution is 6.53. The van der Waals surface area contributed by atoms with Crippen molar-refractivity contribution in [3.8, 4) is 0 Å². The molecule has 0 aromatic heterocycles. The highest BCUT2D eigenvalue weighted by Crippen LogP contribution is 2.25. The molecule has 3 rings (SSSR count). The number of aryl methyl sites for hydroxylation is 1. The van der Waals surface area contributed by atoms with E-state index in [0.29, 0.717) is 16.1 Å². The molecule has 2 aromatic carbocycles. The monoisotopic (exact) mass is 383 g/mol. The van der Waals surface area contributed by atoms with Crippen molar-refractivity contribution in [2.45, 2.75) is 39.0 Å². The number of nitrogens with zero attached hydrogens (tertiary/aromatic N) is 1. The average Bonchev–Trinajstić information content (AvgIpc) is 2.98. The number of fused-ring (bicyclic) bond motifs is 1. The van der Waals surface area contributed by atoms with Gasteiger partial charge in [-0.05, 0) is 48.7 Å². The van der Waals surface area contributed by atoms with E-state index in [2.05, 4.69) is 22.8 Å². The van der Waals surface area contributed by atoms with Crippen LogP contribution in [0.15, 0.2) is 47.6 Å². The van der Waals surface area contributed by atoms with Gasteiger partial charge in [0.25, 0.3) is 11.8 Å². The quantitative estimate of drug-likeness (QED) is 0.544. The molecule has 6 heteroatoms. The van der Waals surface area contributed by atoms with Crippen LogP contribution in [0.5, 0.6) is 0 Å². The number of hydrogen-bond acceptors (Lipinski definition) is 3. The largest absolute Gasteiger partial charge is 0.320 e. The van der Waals surface area contributed by atoms with Gasteiger partial charge in [0.15, 0.2) is 5.71 Å². The normalized spacial score (nSPS) is 14.1. The van der Waals surface area contributed by atoms with Gasteiger partial charge in [-0.1, -0.05) is 49.9 Å². The smallest absolute Gasteiger partial charge is 0.276 e. The molecule has 1 heterocycles. The van der Waals surface area contributed by atoms with Crippen LogP contribution < -0.4 is 10.7 Å². The topological polar surface area (TPSA) is 70.6 Å². The maximum Gasteiger partial charge on any atom is 0.276 e. The number of halogens is 1. The molecule has 0 saturated carbocycles. The van der Waals surface area contributed by atoms with Crippen molar-refractivity contribution in [2.75, 3.05) is 5.32 Å². The third-order valence-corrected chi connectivity index (χ3v) is 4.75. The number of benzene rings is 2. The highest BCUT2D eigenvalue weighted by atomic mass is 35.5. The molecule has 2 N–H and O–H groups in total. The van der Waals surface area contributed by atoms with Crippen LogP contribution >= 0.6 is 11.6 Å². The van der Waals surface area contributed by atoms with Gasteiger partial charge in [-0.25, -0.2) is 5.43 Å². The summed E-state index contributed by atoms with van der Waals surface area (Å²) in [6.07, 6.45) is 5.79. The molecule has 1 aliphatic heterocycles. The zero-order chi connectivity index (χ0) is 19.2. The van der Waals surface area contributed by atoms with E-state index in [1.807, 2.05) is 18.2 Å². The van der Waals surface area contributed by atoms with Crippen LogP contribution in [-0.4, -0.2) is 17.5 Å². The predicted molar refractivity (Wildman–Crippen MR) is 108 cm³/mol. The van der Waals surface area contributed by atoms with Gasteiger partial charge in [0.05, 0.1) is 5.69 Å². The van der Waals surface area contributed by atoms with Gasteiger partial charge in [-0.3, -0.25) is 9.59 Å². The Morgan fingerprint density at radius 3 is 2.63 bits per heavy atom. The summed E-state index contributed by atoms with van der Waals surface area (Å²) in [5.41, 5.74) is 5.71. The van der Waals surface area contributed by atoms with E-state index in [1.54, 1.807) is 24.3 Å². The molecular weight excluding hydrogens is 362 g/mol. The number of unbranched alkanes of at least 4 members (excludes halogenated alkanes) is 3. The first kappa shape index (κ1) is 19.1. The first-order valence-corrected chi connectivity index (χ1v) is 9.54. The SMILES string of the molecule is CCCCCCc1ccc2c(c1)NC(=O)/C2=N\NC(=O)c1ccc(Cl)cc1. The number of rotatable bonds is 7. The van der Waals surface area contributed by atoms with E-state index in [4.69, 9.17) is 11.6 Å². The van der Waals surface area contributed by atoms with Crippen molar-refractivity contribution in [1.82, 2.24) is 5.43 Å². The van der Waals surface area contributed by atoms with E-state index < -0.39 is 5.91 Å². The maximum atomic E-state index is 12.2. The van der Waals surface area contributed by atoms with E-state index in [1.165, 1.54) is 24.8 Å². The molecule has 0 spiro atoms. The van der Waals surface area contributed by atoms with Gasteiger partial charge in [0.1, 0.15) is 0 Å². The second-order valence-electron chi connectivity index (χ2n) is 6.55. The second-order valence-corrected chi connectivity index (χ2v) is 6.99. The zero-order valence-electron chi connectivity index (χ0n) is 15.2. The fourth-order valence-electron chi connectivity index (χ4n) is 3.00. The molecule has 27 heavy (non-hydrogen) atoms. The zero-order valence-corrected chi connectivity index (χ0v) is 16.0. The van der Waals surface area contributed by atoms with Gasteiger partial charge in [-0.15, -0.1) is 0 Å². The number of carbonyl (C=O) groups is 2. The molecule has 140 valence electrons. The molecule has 0 fully saturated rings. The summed E-state index contributed by atoms with van der Waals surface area (Å²) in [6, 6.07) is 12.4. The molecular formula is C21H22ClN3O2. The Morgan fingerprint density at radius 2 is 1.89 bits per heavy atom. The maximum absolute atomic E-state index is 12.2. The van der Waals surface area contributed by atoms with Crippen molar-refractivity contribution in [1.29, 1.82) is 0 Å². The Labute approximate surface area is 163 Å². The Balaban J connectivity index is 1.69. The molecule has 0 saturated heterocycles. The van der Waals surface area contributed by atoms with Gasteiger partial charge in [-0.2, -0.15) is 5.10 Å². The Morgan fingerprint density at radius 1 is 1.11 bits per heavy atom. The number of amides is 2. The number of hydrogen-bond donors (Lipinski definition) is 2. The van der Waals surface area contributed by atoms with E-state index >= 15 is 0 Å². The third-order valence-electron chi connectivity index (χ3n) is 4.50. The fourth-order valence-corrected chi connectivity index (χ4v) is 3.13. The van der Waals surface area contributed by atoms with Crippen molar-refractivity contribution in [3.63, 3.8) is 0 Å². The van der Waals surface area contributed by atoms with Crippen molar-refractivity contribution in [3.05, 3.63) is 64.2 Å². The number of hydrazone groups is 1. The Hall–Kier alpha value is -2.66. The molecule has 0 atom stereocenters. The summed E-state index contributed by atoms with van der Waals surface area (Å²) in [5.74, 6) is -0.711. The van der Waals surface area contributed by atoms with Gasteiger partial charge < -0.3 is 5.32 Å². The van der Waals surface area contributed by atoms with Crippen molar-refractivity contribution < 1.29 is 9.59 Å². The lowest BCUT2D eigenvalue weighted by Gasteiger charge is -2.04. The van der Waals surface area contributed by atoms with Crippen LogP contribution in [0.2, 0.25) is 5.02 Å². The minimum absolute atomic E-state index is 0.213.